The van der Waals surface area contributed by atoms with Crippen LogP contribution >= 0.6 is 23.4 Å². The van der Waals surface area contributed by atoms with Gasteiger partial charge in [0.2, 0.25) is 0 Å². The Bertz CT molecular complexity index is 151. The summed E-state index contributed by atoms with van der Waals surface area (Å²) in [5.74, 6) is 0. The van der Waals surface area contributed by atoms with Crippen molar-refractivity contribution in [2.75, 3.05) is 6.26 Å². The van der Waals surface area contributed by atoms with Crippen LogP contribution in [0.15, 0.2) is 23.6 Å². The van der Waals surface area contributed by atoms with Crippen LogP contribution in [0.25, 0.3) is 0 Å². The Kier molecular flexibility index (Phi) is 4.54. The van der Waals surface area contributed by atoms with Crippen LogP contribution in [0.5, 0.6) is 0 Å². The Morgan fingerprint density at radius 3 is 2.44 bits per heavy atom. The molecular formula is C6H7ClOS. The maximum absolute atomic E-state index is 10.4. The standard InChI is InChI=1S/C6H7ClOS/c1-3-4-5(9-2)6(7)8/h3-4H,1H2,2H3/b5-4-. The molecule has 0 aliphatic rings. The zero-order chi connectivity index (χ0) is 7.28. The van der Waals surface area contributed by atoms with Gasteiger partial charge in [-0.3, -0.25) is 4.79 Å². The van der Waals surface area contributed by atoms with Gasteiger partial charge in [0.25, 0.3) is 5.24 Å². The topological polar surface area (TPSA) is 17.1 Å². The summed E-state index contributed by atoms with van der Waals surface area (Å²) in [7, 11) is 0. The van der Waals surface area contributed by atoms with Gasteiger partial charge in [-0.1, -0.05) is 12.7 Å². The number of thioether (sulfide) groups is 1. The van der Waals surface area contributed by atoms with Crippen LogP contribution < -0.4 is 0 Å². The molecule has 0 N–H and O–H groups in total. The lowest BCUT2D eigenvalue weighted by molar-refractivity contribution is -0.107. The van der Waals surface area contributed by atoms with E-state index in [9.17, 15) is 4.79 Å². The molecule has 0 bridgehead atoms. The van der Waals surface area contributed by atoms with Gasteiger partial charge < -0.3 is 0 Å². The lowest BCUT2D eigenvalue weighted by atomic mass is 10.5. The molecule has 0 saturated carbocycles. The minimum Gasteiger partial charge on any atom is -0.275 e. The molecule has 0 rings (SSSR count). The highest BCUT2D eigenvalue weighted by Crippen LogP contribution is 2.13. The number of hydrogen-bond donors (Lipinski definition) is 0. The van der Waals surface area contributed by atoms with Crippen LogP contribution in [-0.4, -0.2) is 11.5 Å². The van der Waals surface area contributed by atoms with E-state index >= 15 is 0 Å². The molecule has 9 heavy (non-hydrogen) atoms. The monoisotopic (exact) mass is 162 g/mol. The number of rotatable bonds is 3. The van der Waals surface area contributed by atoms with Crippen LogP contribution in [0.1, 0.15) is 0 Å². The van der Waals surface area contributed by atoms with E-state index in [2.05, 4.69) is 6.58 Å². The SMILES string of the molecule is C=C/C=C(\SC)C(=O)Cl. The largest absolute Gasteiger partial charge is 0.275 e. The first-order valence-corrected chi connectivity index (χ1v) is 3.89. The smallest absolute Gasteiger partial charge is 0.258 e. The van der Waals surface area contributed by atoms with E-state index in [-0.39, 0.29) is 0 Å². The van der Waals surface area contributed by atoms with Crippen LogP contribution in [0.3, 0.4) is 0 Å². The first kappa shape index (κ1) is 8.79. The number of carbonyl (C=O) groups excluding carboxylic acids is 1. The van der Waals surface area contributed by atoms with Crippen molar-refractivity contribution >= 4 is 28.6 Å². The van der Waals surface area contributed by atoms with Crippen molar-refractivity contribution < 1.29 is 4.79 Å². The highest BCUT2D eigenvalue weighted by Gasteiger charge is 2.00. The van der Waals surface area contributed by atoms with Crippen molar-refractivity contribution in [3.63, 3.8) is 0 Å². The van der Waals surface area contributed by atoms with E-state index in [1.165, 1.54) is 17.8 Å². The zero-order valence-electron chi connectivity index (χ0n) is 5.06. The predicted molar refractivity (Wildman–Crippen MR) is 42.7 cm³/mol. The lowest BCUT2D eigenvalue weighted by Gasteiger charge is -1.90. The second-order valence-electron chi connectivity index (χ2n) is 1.24. The molecule has 0 unspecified atom stereocenters. The van der Waals surface area contributed by atoms with Gasteiger partial charge >= 0.3 is 0 Å². The average molecular weight is 163 g/mol. The third-order valence-corrected chi connectivity index (χ3v) is 1.76. The number of carbonyl (C=O) groups is 1. The van der Waals surface area contributed by atoms with Gasteiger partial charge in [-0.25, -0.2) is 0 Å². The van der Waals surface area contributed by atoms with Crippen molar-refractivity contribution in [3.8, 4) is 0 Å². The molecule has 0 spiro atoms. The van der Waals surface area contributed by atoms with Gasteiger partial charge in [-0.2, -0.15) is 0 Å². The average Bonchev–Trinajstić information content (AvgIpc) is 1.82. The molecule has 0 atom stereocenters. The Morgan fingerprint density at radius 2 is 2.33 bits per heavy atom. The Labute approximate surface area is 63.8 Å². The fraction of sp³-hybridized carbons (Fsp3) is 0.167. The highest BCUT2D eigenvalue weighted by molar-refractivity contribution is 8.03. The molecule has 0 aliphatic heterocycles. The van der Waals surface area contributed by atoms with Gasteiger partial charge in [0.1, 0.15) is 0 Å². The Hall–Kier alpha value is -0.210. The van der Waals surface area contributed by atoms with E-state index in [1.807, 2.05) is 0 Å². The summed E-state index contributed by atoms with van der Waals surface area (Å²) in [6.45, 7) is 3.43. The van der Waals surface area contributed by atoms with Crippen LogP contribution in [0.2, 0.25) is 0 Å². The van der Waals surface area contributed by atoms with E-state index in [0.717, 1.165) is 0 Å². The van der Waals surface area contributed by atoms with E-state index in [0.29, 0.717) is 4.91 Å². The fourth-order valence-electron chi connectivity index (χ4n) is 0.321. The quantitative estimate of drug-likeness (QED) is 0.360. The summed E-state index contributed by atoms with van der Waals surface area (Å²) in [5.41, 5.74) is 0. The molecule has 0 amide bonds. The molecule has 0 saturated heterocycles. The summed E-state index contributed by atoms with van der Waals surface area (Å²) >= 11 is 6.46. The first-order valence-electron chi connectivity index (χ1n) is 2.29. The van der Waals surface area contributed by atoms with Gasteiger partial charge in [0.15, 0.2) is 0 Å². The summed E-state index contributed by atoms with van der Waals surface area (Å²) in [5, 5.41) is -0.428. The lowest BCUT2D eigenvalue weighted by Crippen LogP contribution is -1.85. The van der Waals surface area contributed by atoms with Gasteiger partial charge in [0, 0.05) is 0 Å². The molecule has 0 aromatic heterocycles. The van der Waals surface area contributed by atoms with Crippen LogP contribution in [0.4, 0.5) is 0 Å². The second-order valence-corrected chi connectivity index (χ2v) is 2.44. The number of allylic oxidation sites excluding steroid dienone is 3. The maximum atomic E-state index is 10.4. The molecule has 0 aromatic carbocycles. The molecule has 0 aromatic rings. The summed E-state index contributed by atoms with van der Waals surface area (Å²) in [6, 6.07) is 0. The summed E-state index contributed by atoms with van der Waals surface area (Å²) < 4.78 is 0. The zero-order valence-corrected chi connectivity index (χ0v) is 6.63. The fourth-order valence-corrected chi connectivity index (χ4v) is 1.01. The van der Waals surface area contributed by atoms with Crippen LogP contribution in [0, 0.1) is 0 Å². The van der Waals surface area contributed by atoms with Gasteiger partial charge in [-0.05, 0) is 23.9 Å². The minimum absolute atomic E-state index is 0.428. The molecular weight excluding hydrogens is 156 g/mol. The predicted octanol–water partition coefficient (Wildman–Crippen LogP) is 2.18. The minimum atomic E-state index is -0.428. The Morgan fingerprint density at radius 1 is 1.78 bits per heavy atom. The maximum Gasteiger partial charge on any atom is 0.258 e. The normalized spacial score (nSPS) is 11.1. The first-order chi connectivity index (χ1) is 4.22. The third kappa shape index (κ3) is 3.38. The number of halogens is 1. The highest BCUT2D eigenvalue weighted by atomic mass is 35.5. The molecule has 0 aliphatic carbocycles. The van der Waals surface area contributed by atoms with Crippen molar-refractivity contribution in [1.82, 2.24) is 0 Å². The molecule has 3 heteroatoms. The van der Waals surface area contributed by atoms with Crippen molar-refractivity contribution in [1.29, 1.82) is 0 Å². The number of hydrogen-bond acceptors (Lipinski definition) is 2. The second kappa shape index (κ2) is 4.65. The molecule has 50 valence electrons. The molecule has 0 fully saturated rings. The van der Waals surface area contributed by atoms with Crippen LogP contribution in [-0.2, 0) is 4.79 Å². The van der Waals surface area contributed by atoms with Crippen molar-refractivity contribution in [2.45, 2.75) is 0 Å². The van der Waals surface area contributed by atoms with E-state index in [4.69, 9.17) is 11.6 Å². The van der Waals surface area contributed by atoms with Gasteiger partial charge in [0.05, 0.1) is 4.91 Å². The Balaban J connectivity index is 4.14. The van der Waals surface area contributed by atoms with E-state index < -0.39 is 5.24 Å². The third-order valence-electron chi connectivity index (χ3n) is 0.683. The van der Waals surface area contributed by atoms with E-state index in [1.54, 1.807) is 12.3 Å². The van der Waals surface area contributed by atoms with Gasteiger partial charge in [-0.15, -0.1) is 11.8 Å². The molecule has 1 nitrogen and oxygen atoms in total. The molecule has 0 radical (unpaired) electrons. The van der Waals surface area contributed by atoms with Crippen molar-refractivity contribution in [3.05, 3.63) is 23.6 Å². The van der Waals surface area contributed by atoms with Crippen molar-refractivity contribution in [2.24, 2.45) is 0 Å². The molecule has 0 heterocycles. The summed E-state index contributed by atoms with van der Waals surface area (Å²) in [6.07, 6.45) is 4.90. The summed E-state index contributed by atoms with van der Waals surface area (Å²) in [4.78, 5) is 10.9.